The van der Waals surface area contributed by atoms with Crippen LogP contribution in [0.15, 0.2) is 23.9 Å². The van der Waals surface area contributed by atoms with Crippen molar-refractivity contribution in [2.24, 2.45) is 5.92 Å². The first-order chi connectivity index (χ1) is 15.7. The number of nitrogens with one attached hydrogen (secondary N) is 4. The van der Waals surface area contributed by atoms with E-state index in [0.717, 1.165) is 0 Å². The molecule has 2 aliphatic rings. The third-order valence-electron chi connectivity index (χ3n) is 4.79. The number of carbonyl (C=O) groups is 5. The number of carbonyl (C=O) groups excluding carboxylic acids is 5. The Bertz CT molecular complexity index is 830. The van der Waals surface area contributed by atoms with Crippen molar-refractivity contribution in [3.8, 4) is 0 Å². The summed E-state index contributed by atoms with van der Waals surface area (Å²) in [7, 11) is 2.93. The van der Waals surface area contributed by atoms with Crippen LogP contribution in [0.3, 0.4) is 0 Å². The van der Waals surface area contributed by atoms with Crippen LogP contribution in [-0.2, 0) is 28.7 Å². The van der Waals surface area contributed by atoms with Gasteiger partial charge in [0.05, 0.1) is 13.0 Å². The van der Waals surface area contributed by atoms with E-state index in [4.69, 9.17) is 4.74 Å². The molecule has 0 radical (unpaired) electrons. The van der Waals surface area contributed by atoms with Gasteiger partial charge in [-0.05, 0) is 25.3 Å². The summed E-state index contributed by atoms with van der Waals surface area (Å²) in [4.78, 5) is 63.3. The molecule has 2 aliphatic heterocycles. The summed E-state index contributed by atoms with van der Waals surface area (Å²) in [5, 5.41) is 10.2. The van der Waals surface area contributed by atoms with Crippen LogP contribution in [0.4, 0.5) is 0 Å². The largest absolute Gasteiger partial charge is 0.456 e. The highest BCUT2D eigenvalue weighted by Crippen LogP contribution is 2.23. The molecule has 33 heavy (non-hydrogen) atoms. The van der Waals surface area contributed by atoms with E-state index >= 15 is 0 Å². The summed E-state index contributed by atoms with van der Waals surface area (Å²) < 4.78 is 5.55. The third kappa shape index (κ3) is 8.77. The molecule has 0 saturated carbocycles. The van der Waals surface area contributed by atoms with Gasteiger partial charge in [0.1, 0.15) is 23.9 Å². The molecule has 0 aromatic carbocycles. The zero-order chi connectivity index (χ0) is 24.4. The van der Waals surface area contributed by atoms with Crippen molar-refractivity contribution in [1.82, 2.24) is 21.3 Å². The number of hydrogen-bond donors (Lipinski definition) is 4. The number of amides is 4. The van der Waals surface area contributed by atoms with Gasteiger partial charge in [0, 0.05) is 11.5 Å². The number of allylic oxidation sites excluding steroid dienone is 2. The fraction of sp³-hybridized carbons (Fsp3) is 0.571. The third-order valence-corrected chi connectivity index (χ3v) is 7.23. The second-order valence-corrected chi connectivity index (χ2v) is 10.4. The Balaban J connectivity index is 2.45. The fourth-order valence-corrected chi connectivity index (χ4v) is 5.13. The van der Waals surface area contributed by atoms with E-state index in [9.17, 15) is 24.0 Å². The molecule has 182 valence electrons. The Hall–Kier alpha value is -2.47. The van der Waals surface area contributed by atoms with Crippen molar-refractivity contribution >= 4 is 51.2 Å². The molecule has 2 rings (SSSR count). The van der Waals surface area contributed by atoms with Gasteiger partial charge in [-0.25, -0.2) is 4.79 Å². The number of ether oxygens (including phenoxy) is 1. The Morgan fingerprint density at radius 1 is 1.09 bits per heavy atom. The second-order valence-electron chi connectivity index (χ2n) is 7.79. The van der Waals surface area contributed by atoms with Crippen molar-refractivity contribution in [3.63, 3.8) is 0 Å². The van der Waals surface area contributed by atoms with Gasteiger partial charge < -0.3 is 26.0 Å². The predicted octanol–water partition coefficient (Wildman–Crippen LogP) is 0.405. The molecule has 4 amide bonds. The highest BCUT2D eigenvalue weighted by molar-refractivity contribution is 8.76. The minimum atomic E-state index is -0.992. The average molecular weight is 499 g/mol. The van der Waals surface area contributed by atoms with Gasteiger partial charge in [0.25, 0.3) is 5.91 Å². The van der Waals surface area contributed by atoms with E-state index in [1.165, 1.54) is 27.7 Å². The van der Waals surface area contributed by atoms with Crippen LogP contribution in [-0.4, -0.2) is 65.8 Å². The van der Waals surface area contributed by atoms with Gasteiger partial charge >= 0.3 is 5.97 Å². The van der Waals surface area contributed by atoms with Gasteiger partial charge in [-0.2, -0.15) is 0 Å². The molecule has 1 unspecified atom stereocenters. The van der Waals surface area contributed by atoms with Crippen LogP contribution in [0.5, 0.6) is 0 Å². The van der Waals surface area contributed by atoms with Crippen molar-refractivity contribution in [1.29, 1.82) is 0 Å². The highest BCUT2D eigenvalue weighted by atomic mass is 33.1. The first-order valence-electron chi connectivity index (χ1n) is 10.7. The lowest BCUT2D eigenvalue weighted by Crippen LogP contribution is -2.53. The summed E-state index contributed by atoms with van der Waals surface area (Å²) in [6.07, 6.45) is 4.50. The average Bonchev–Trinajstić information content (AvgIpc) is 2.76. The molecule has 1 fully saturated rings. The van der Waals surface area contributed by atoms with E-state index in [1.807, 2.05) is 6.08 Å². The van der Waals surface area contributed by atoms with Gasteiger partial charge in [-0.3, -0.25) is 19.2 Å². The Labute approximate surface area is 200 Å². The molecule has 10 nitrogen and oxygen atoms in total. The summed E-state index contributed by atoms with van der Waals surface area (Å²) in [5.74, 6) is -2.30. The molecular weight excluding hydrogens is 468 g/mol. The number of hydrogen-bond acceptors (Lipinski definition) is 8. The van der Waals surface area contributed by atoms with Crippen LogP contribution in [0.1, 0.15) is 33.6 Å². The Morgan fingerprint density at radius 3 is 2.55 bits per heavy atom. The smallest absolute Gasteiger partial charge is 0.329 e. The summed E-state index contributed by atoms with van der Waals surface area (Å²) in [6, 6.07) is -1.92. The van der Waals surface area contributed by atoms with Crippen molar-refractivity contribution in [3.05, 3.63) is 23.9 Å². The normalized spacial score (nSPS) is 28.8. The maximum absolute atomic E-state index is 12.9. The lowest BCUT2D eigenvalue weighted by Gasteiger charge is -2.25. The molecule has 0 aliphatic carbocycles. The van der Waals surface area contributed by atoms with Crippen LogP contribution in [0.25, 0.3) is 0 Å². The topological polar surface area (TPSA) is 143 Å². The molecule has 0 aromatic heterocycles. The van der Waals surface area contributed by atoms with Crippen LogP contribution < -0.4 is 21.3 Å². The monoisotopic (exact) mass is 498 g/mol. The van der Waals surface area contributed by atoms with Gasteiger partial charge in [-0.1, -0.05) is 47.6 Å². The zero-order valence-electron chi connectivity index (χ0n) is 18.8. The van der Waals surface area contributed by atoms with Gasteiger partial charge in [-0.15, -0.1) is 0 Å². The van der Waals surface area contributed by atoms with Crippen molar-refractivity contribution in [2.75, 3.05) is 18.1 Å². The zero-order valence-corrected chi connectivity index (χ0v) is 20.5. The highest BCUT2D eigenvalue weighted by Gasteiger charge is 2.31. The first-order valence-corrected chi connectivity index (χ1v) is 13.2. The number of fused-ring (bicyclic) bond motifs is 7. The van der Waals surface area contributed by atoms with Crippen LogP contribution in [0, 0.1) is 5.92 Å². The maximum Gasteiger partial charge on any atom is 0.329 e. The molecule has 1 saturated heterocycles. The lowest BCUT2D eigenvalue weighted by atomic mass is 10.0. The van der Waals surface area contributed by atoms with Crippen LogP contribution in [0.2, 0.25) is 0 Å². The summed E-state index contributed by atoms with van der Waals surface area (Å²) in [6.45, 7) is 4.74. The van der Waals surface area contributed by atoms with Gasteiger partial charge in [0.15, 0.2) is 0 Å². The molecule has 12 heteroatoms. The quantitative estimate of drug-likeness (QED) is 0.176. The minimum Gasteiger partial charge on any atom is -0.456 e. The van der Waals surface area contributed by atoms with E-state index < -0.39 is 47.8 Å². The first kappa shape index (κ1) is 26.8. The number of rotatable bonds is 1. The van der Waals surface area contributed by atoms with Crippen molar-refractivity contribution < 1.29 is 28.7 Å². The second kappa shape index (κ2) is 13.3. The predicted molar refractivity (Wildman–Crippen MR) is 127 cm³/mol. The Kier molecular flexibility index (Phi) is 10.8. The molecule has 3 atom stereocenters. The molecule has 4 N–H and O–H groups in total. The van der Waals surface area contributed by atoms with E-state index in [-0.39, 0.29) is 30.3 Å². The number of esters is 1. The molecular formula is C21H30N4O6S2. The minimum absolute atomic E-state index is 0.0449. The molecule has 2 heterocycles. The lowest BCUT2D eigenvalue weighted by molar-refractivity contribution is -0.153. The Morgan fingerprint density at radius 2 is 1.85 bits per heavy atom. The summed E-state index contributed by atoms with van der Waals surface area (Å²) in [5.41, 5.74) is -0.0449. The van der Waals surface area contributed by atoms with Gasteiger partial charge in [0.2, 0.25) is 17.7 Å². The molecule has 0 aromatic rings. The molecule has 2 bridgehead atoms. The molecule has 0 spiro atoms. The SMILES string of the molecule is C/C=C1\NC(=O)[C@H]2CSSCC/C=C/[C@H](CC(=O)NCC(=O)N2)OC(=O)C(C(C)C)NC1=O. The van der Waals surface area contributed by atoms with Crippen LogP contribution >= 0.6 is 21.6 Å². The van der Waals surface area contributed by atoms with Crippen molar-refractivity contribution in [2.45, 2.75) is 51.8 Å². The maximum atomic E-state index is 12.9. The summed E-state index contributed by atoms with van der Waals surface area (Å²) >= 11 is 0. The standard InChI is InChI=1S/C21H30N4O6S2/c1-4-14-19(28)25-18(12(2)3)21(30)31-13-7-5-6-8-32-33-11-15(20(29)24-14)23-17(27)10-22-16(26)9-13/h4-5,7,12-13,15,18H,6,8-11H2,1-3H3,(H,22,26)(H,23,27)(H,24,29)(H,25,28)/b7-5+,14-4-/t13-,15-,18?/m1/s1. The van der Waals surface area contributed by atoms with E-state index in [2.05, 4.69) is 21.3 Å². The van der Waals surface area contributed by atoms with E-state index in [1.54, 1.807) is 26.8 Å². The van der Waals surface area contributed by atoms with E-state index in [0.29, 0.717) is 12.2 Å². The fourth-order valence-electron chi connectivity index (χ4n) is 2.97.